The van der Waals surface area contributed by atoms with Gasteiger partial charge in [0.1, 0.15) is 0 Å². The second-order valence-electron chi connectivity index (χ2n) is 4.13. The fourth-order valence-electron chi connectivity index (χ4n) is 1.76. The summed E-state index contributed by atoms with van der Waals surface area (Å²) < 4.78 is 3.06. The number of benzene rings is 1. The highest BCUT2D eigenvalue weighted by molar-refractivity contribution is 9.10. The number of nitrogens with zero attached hydrogens (tertiary/aromatic N) is 2. The van der Waals surface area contributed by atoms with E-state index >= 15 is 0 Å². The molecule has 2 nitrogen and oxygen atoms in total. The Bertz CT molecular complexity index is 559. The van der Waals surface area contributed by atoms with E-state index in [4.69, 9.17) is 0 Å². The van der Waals surface area contributed by atoms with Gasteiger partial charge in [-0.25, -0.2) is 4.68 Å². The summed E-state index contributed by atoms with van der Waals surface area (Å²) in [6, 6.07) is 6.33. The summed E-state index contributed by atoms with van der Waals surface area (Å²) in [6.45, 7) is 6.24. The molecule has 17 heavy (non-hydrogen) atoms. The second kappa shape index (κ2) is 4.94. The van der Waals surface area contributed by atoms with E-state index in [1.165, 1.54) is 16.8 Å². The van der Waals surface area contributed by atoms with Gasteiger partial charge in [-0.1, -0.05) is 22.0 Å². The lowest BCUT2D eigenvalue weighted by molar-refractivity contribution is 0.829. The predicted molar refractivity (Wildman–Crippen MR) is 78.1 cm³/mol. The van der Waals surface area contributed by atoms with Gasteiger partial charge in [-0.2, -0.15) is 5.10 Å². The molecule has 2 rings (SSSR count). The third kappa shape index (κ3) is 2.33. The van der Waals surface area contributed by atoms with Gasteiger partial charge >= 0.3 is 0 Å². The van der Waals surface area contributed by atoms with Crippen LogP contribution in [-0.2, 0) is 5.33 Å². The Balaban J connectivity index is 2.57. The van der Waals surface area contributed by atoms with Crippen LogP contribution in [0.5, 0.6) is 0 Å². The van der Waals surface area contributed by atoms with E-state index in [2.05, 4.69) is 69.0 Å². The number of alkyl halides is 1. The van der Waals surface area contributed by atoms with Crippen molar-refractivity contribution in [2.45, 2.75) is 26.1 Å². The van der Waals surface area contributed by atoms with Gasteiger partial charge < -0.3 is 0 Å². The lowest BCUT2D eigenvalue weighted by Gasteiger charge is -2.08. The Hall–Kier alpha value is -0.610. The highest BCUT2D eigenvalue weighted by Crippen LogP contribution is 2.25. The molecule has 4 heteroatoms. The van der Waals surface area contributed by atoms with Gasteiger partial charge in [0.25, 0.3) is 0 Å². The zero-order valence-electron chi connectivity index (χ0n) is 10.1. The van der Waals surface area contributed by atoms with Crippen LogP contribution in [-0.4, -0.2) is 9.78 Å². The lowest BCUT2D eigenvalue weighted by Crippen LogP contribution is -2.00. The SMILES string of the molecule is Cc1nn(-c2ccc(CBr)cc2Br)c(C)c1C. The first-order chi connectivity index (χ1) is 8.04. The topological polar surface area (TPSA) is 17.8 Å². The average Bonchev–Trinajstić information content (AvgIpc) is 2.57. The molecule has 2 aromatic rings. The number of hydrogen-bond acceptors (Lipinski definition) is 1. The van der Waals surface area contributed by atoms with E-state index in [1.54, 1.807) is 0 Å². The van der Waals surface area contributed by atoms with Crippen LogP contribution >= 0.6 is 31.9 Å². The van der Waals surface area contributed by atoms with E-state index in [0.717, 1.165) is 21.2 Å². The maximum absolute atomic E-state index is 4.57. The predicted octanol–water partition coefficient (Wildman–Crippen LogP) is 4.45. The van der Waals surface area contributed by atoms with E-state index < -0.39 is 0 Å². The minimum absolute atomic E-state index is 0.863. The molecule has 90 valence electrons. The average molecular weight is 358 g/mol. The lowest BCUT2D eigenvalue weighted by atomic mass is 10.2. The van der Waals surface area contributed by atoms with Gasteiger partial charge in [-0.15, -0.1) is 0 Å². The van der Waals surface area contributed by atoms with Crippen molar-refractivity contribution in [3.63, 3.8) is 0 Å². The quantitative estimate of drug-likeness (QED) is 0.726. The molecule has 0 N–H and O–H groups in total. The van der Waals surface area contributed by atoms with Crippen LogP contribution in [0.25, 0.3) is 5.69 Å². The van der Waals surface area contributed by atoms with Crippen molar-refractivity contribution < 1.29 is 0 Å². The molecule has 1 heterocycles. The smallest absolute Gasteiger partial charge is 0.0791 e. The number of rotatable bonds is 2. The molecule has 0 aliphatic heterocycles. The minimum atomic E-state index is 0.863. The Kier molecular flexibility index (Phi) is 3.73. The molecule has 1 aromatic heterocycles. The van der Waals surface area contributed by atoms with Gasteiger partial charge in [0.05, 0.1) is 11.4 Å². The van der Waals surface area contributed by atoms with Crippen LogP contribution in [0, 0.1) is 20.8 Å². The molecule has 0 aliphatic carbocycles. The molecule has 0 fully saturated rings. The molecule has 0 saturated heterocycles. The largest absolute Gasteiger partial charge is 0.236 e. The van der Waals surface area contributed by atoms with Gasteiger partial charge in [-0.05, 0) is 60.0 Å². The first-order valence-electron chi connectivity index (χ1n) is 5.42. The van der Waals surface area contributed by atoms with Crippen molar-refractivity contribution in [3.8, 4) is 5.69 Å². The standard InChI is InChI=1S/C13H14Br2N2/c1-8-9(2)16-17(10(8)3)13-5-4-11(7-14)6-12(13)15/h4-6H,7H2,1-3H3. The van der Waals surface area contributed by atoms with Gasteiger partial charge in [0.2, 0.25) is 0 Å². The summed E-state index contributed by atoms with van der Waals surface area (Å²) in [7, 11) is 0. The van der Waals surface area contributed by atoms with Crippen LogP contribution in [0.2, 0.25) is 0 Å². The van der Waals surface area contributed by atoms with Crippen molar-refractivity contribution in [3.05, 3.63) is 45.2 Å². The van der Waals surface area contributed by atoms with Crippen molar-refractivity contribution in [1.82, 2.24) is 9.78 Å². The maximum Gasteiger partial charge on any atom is 0.0791 e. The first-order valence-corrected chi connectivity index (χ1v) is 7.33. The van der Waals surface area contributed by atoms with Crippen LogP contribution in [0.15, 0.2) is 22.7 Å². The Morgan fingerprint density at radius 3 is 2.41 bits per heavy atom. The molecule has 0 radical (unpaired) electrons. The Morgan fingerprint density at radius 1 is 1.24 bits per heavy atom. The molecular formula is C13H14Br2N2. The normalized spacial score (nSPS) is 10.9. The molecule has 0 saturated carbocycles. The van der Waals surface area contributed by atoms with E-state index in [0.29, 0.717) is 0 Å². The van der Waals surface area contributed by atoms with Crippen molar-refractivity contribution >= 4 is 31.9 Å². The number of hydrogen-bond donors (Lipinski definition) is 0. The summed E-state index contributed by atoms with van der Waals surface area (Å²) in [5.74, 6) is 0. The van der Waals surface area contributed by atoms with E-state index in [1.807, 2.05) is 11.6 Å². The summed E-state index contributed by atoms with van der Waals surface area (Å²) in [4.78, 5) is 0. The maximum atomic E-state index is 4.57. The van der Waals surface area contributed by atoms with E-state index in [9.17, 15) is 0 Å². The highest BCUT2D eigenvalue weighted by Gasteiger charge is 2.11. The zero-order chi connectivity index (χ0) is 12.6. The van der Waals surface area contributed by atoms with Crippen molar-refractivity contribution in [2.75, 3.05) is 0 Å². The first kappa shape index (κ1) is 12.8. The molecule has 0 spiro atoms. The Morgan fingerprint density at radius 2 is 1.94 bits per heavy atom. The zero-order valence-corrected chi connectivity index (χ0v) is 13.3. The molecule has 0 atom stereocenters. The summed E-state index contributed by atoms with van der Waals surface area (Å²) in [5, 5.41) is 5.43. The summed E-state index contributed by atoms with van der Waals surface area (Å²) in [6.07, 6.45) is 0. The molecule has 0 unspecified atom stereocenters. The van der Waals surface area contributed by atoms with Gasteiger partial charge in [-0.3, -0.25) is 0 Å². The van der Waals surface area contributed by atoms with Crippen LogP contribution in [0.4, 0.5) is 0 Å². The fourth-order valence-corrected chi connectivity index (χ4v) is 2.70. The highest BCUT2D eigenvalue weighted by atomic mass is 79.9. The second-order valence-corrected chi connectivity index (χ2v) is 5.54. The van der Waals surface area contributed by atoms with Crippen LogP contribution < -0.4 is 0 Å². The van der Waals surface area contributed by atoms with Crippen LogP contribution in [0.3, 0.4) is 0 Å². The minimum Gasteiger partial charge on any atom is -0.236 e. The number of halogens is 2. The van der Waals surface area contributed by atoms with Gasteiger partial charge in [0, 0.05) is 15.5 Å². The fraction of sp³-hybridized carbons (Fsp3) is 0.308. The molecular weight excluding hydrogens is 344 g/mol. The molecule has 0 amide bonds. The number of aromatic nitrogens is 2. The van der Waals surface area contributed by atoms with Crippen molar-refractivity contribution in [1.29, 1.82) is 0 Å². The number of aryl methyl sites for hydroxylation is 1. The van der Waals surface area contributed by atoms with Crippen LogP contribution in [0.1, 0.15) is 22.5 Å². The Labute approximate surface area is 118 Å². The molecule has 0 bridgehead atoms. The monoisotopic (exact) mass is 356 g/mol. The third-order valence-electron chi connectivity index (χ3n) is 3.05. The van der Waals surface area contributed by atoms with Crippen molar-refractivity contribution in [2.24, 2.45) is 0 Å². The van der Waals surface area contributed by atoms with E-state index in [-0.39, 0.29) is 0 Å². The summed E-state index contributed by atoms with van der Waals surface area (Å²) in [5.41, 5.74) is 5.86. The molecule has 0 aliphatic rings. The summed E-state index contributed by atoms with van der Waals surface area (Å²) >= 11 is 7.07. The molecule has 1 aromatic carbocycles. The van der Waals surface area contributed by atoms with Gasteiger partial charge in [0.15, 0.2) is 0 Å². The third-order valence-corrected chi connectivity index (χ3v) is 4.33.